The van der Waals surface area contributed by atoms with Crippen LogP contribution < -0.4 is 15.0 Å². The number of ether oxygens (including phenoxy) is 1. The van der Waals surface area contributed by atoms with Crippen LogP contribution in [0.5, 0.6) is 5.75 Å². The number of nitrogens with one attached hydrogen (secondary N) is 1. The van der Waals surface area contributed by atoms with Crippen LogP contribution in [0.25, 0.3) is 0 Å². The fourth-order valence-electron chi connectivity index (χ4n) is 3.65. The van der Waals surface area contributed by atoms with Crippen molar-refractivity contribution in [2.24, 2.45) is 0 Å². The summed E-state index contributed by atoms with van der Waals surface area (Å²) in [6, 6.07) is 23.9. The van der Waals surface area contributed by atoms with Gasteiger partial charge in [0.25, 0.3) is 5.91 Å². The van der Waals surface area contributed by atoms with E-state index in [1.54, 1.807) is 0 Å². The van der Waals surface area contributed by atoms with Crippen molar-refractivity contribution in [2.45, 2.75) is 32.9 Å². The van der Waals surface area contributed by atoms with Crippen molar-refractivity contribution < 1.29 is 9.53 Å². The molecule has 1 aliphatic rings. The van der Waals surface area contributed by atoms with E-state index < -0.39 is 0 Å². The molecule has 1 amide bonds. The molecule has 0 atom stereocenters. The fourth-order valence-corrected chi connectivity index (χ4v) is 3.65. The van der Waals surface area contributed by atoms with Crippen LogP contribution in [0, 0.1) is 0 Å². The van der Waals surface area contributed by atoms with Crippen LogP contribution in [-0.4, -0.2) is 18.6 Å². The van der Waals surface area contributed by atoms with Gasteiger partial charge in [-0.15, -0.1) is 0 Å². The summed E-state index contributed by atoms with van der Waals surface area (Å²) in [5, 5.41) is 2.94. The highest BCUT2D eigenvalue weighted by Crippen LogP contribution is 2.28. The van der Waals surface area contributed by atoms with E-state index in [0.29, 0.717) is 5.56 Å². The molecule has 4 nitrogen and oxygen atoms in total. The van der Waals surface area contributed by atoms with Gasteiger partial charge in [-0.25, -0.2) is 0 Å². The third-order valence-corrected chi connectivity index (χ3v) is 5.06. The van der Waals surface area contributed by atoms with Crippen molar-refractivity contribution >= 4 is 17.3 Å². The molecule has 0 aromatic heterocycles. The number of rotatable bonds is 6. The maximum atomic E-state index is 12.5. The van der Waals surface area contributed by atoms with Crippen LogP contribution in [0.3, 0.4) is 0 Å². The van der Waals surface area contributed by atoms with E-state index in [4.69, 9.17) is 4.74 Å². The summed E-state index contributed by atoms with van der Waals surface area (Å²) >= 11 is 0. The van der Waals surface area contributed by atoms with Gasteiger partial charge in [-0.1, -0.05) is 30.3 Å². The summed E-state index contributed by atoms with van der Waals surface area (Å²) in [4.78, 5) is 14.9. The number of hydrogen-bond acceptors (Lipinski definition) is 3. The molecular weight excluding hydrogens is 360 g/mol. The van der Waals surface area contributed by atoms with Crippen molar-refractivity contribution in [3.05, 3.63) is 89.5 Å². The SMILES string of the molecule is CC(C)Oc1ccc(NC(=O)c2ccc(CN3CCc4ccccc43)cc2)cc1. The zero-order chi connectivity index (χ0) is 20.2. The molecule has 0 radical (unpaired) electrons. The summed E-state index contributed by atoms with van der Waals surface area (Å²) < 4.78 is 5.63. The average molecular weight is 386 g/mol. The number of anilines is 2. The second-order valence-electron chi connectivity index (χ2n) is 7.64. The fraction of sp³-hybridized carbons (Fsp3) is 0.240. The highest BCUT2D eigenvalue weighted by atomic mass is 16.5. The largest absolute Gasteiger partial charge is 0.491 e. The van der Waals surface area contributed by atoms with E-state index in [0.717, 1.165) is 30.9 Å². The van der Waals surface area contributed by atoms with Crippen LogP contribution in [-0.2, 0) is 13.0 Å². The lowest BCUT2D eigenvalue weighted by atomic mass is 10.1. The first-order chi connectivity index (χ1) is 14.1. The van der Waals surface area contributed by atoms with Gasteiger partial charge in [-0.2, -0.15) is 0 Å². The van der Waals surface area contributed by atoms with Crippen molar-refractivity contribution in [1.29, 1.82) is 0 Å². The van der Waals surface area contributed by atoms with E-state index >= 15 is 0 Å². The van der Waals surface area contributed by atoms with E-state index in [2.05, 4.69) is 34.5 Å². The molecular formula is C25H26N2O2. The maximum absolute atomic E-state index is 12.5. The summed E-state index contributed by atoms with van der Waals surface area (Å²) in [7, 11) is 0. The van der Waals surface area contributed by atoms with E-state index in [1.807, 2.05) is 62.4 Å². The average Bonchev–Trinajstić information content (AvgIpc) is 3.12. The third kappa shape index (κ3) is 4.60. The molecule has 4 heteroatoms. The van der Waals surface area contributed by atoms with Crippen LogP contribution in [0.1, 0.15) is 35.3 Å². The number of benzene rings is 3. The van der Waals surface area contributed by atoms with Gasteiger partial charge in [0.1, 0.15) is 5.75 Å². The quantitative estimate of drug-likeness (QED) is 0.626. The Hall–Kier alpha value is -3.27. The zero-order valence-corrected chi connectivity index (χ0v) is 16.9. The molecule has 0 spiro atoms. The highest BCUT2D eigenvalue weighted by molar-refractivity contribution is 6.04. The first-order valence-electron chi connectivity index (χ1n) is 10.1. The van der Waals surface area contributed by atoms with E-state index in [1.165, 1.54) is 16.8 Å². The Morgan fingerprint density at radius 2 is 1.72 bits per heavy atom. The van der Waals surface area contributed by atoms with Gasteiger partial charge in [0.2, 0.25) is 0 Å². The van der Waals surface area contributed by atoms with Gasteiger partial charge in [0.15, 0.2) is 0 Å². The second-order valence-corrected chi connectivity index (χ2v) is 7.64. The Morgan fingerprint density at radius 3 is 2.45 bits per heavy atom. The number of nitrogens with zero attached hydrogens (tertiary/aromatic N) is 1. The number of hydrogen-bond donors (Lipinski definition) is 1. The number of carbonyl (C=O) groups excluding carboxylic acids is 1. The van der Waals surface area contributed by atoms with Crippen LogP contribution >= 0.6 is 0 Å². The standard InChI is InChI=1S/C25H26N2O2/c1-18(2)29-23-13-11-22(12-14-23)26-25(28)21-9-7-19(8-10-21)17-27-16-15-20-5-3-4-6-24(20)27/h3-14,18H,15-17H2,1-2H3,(H,26,28). The Bertz CT molecular complexity index is 978. The Morgan fingerprint density at radius 1 is 1.00 bits per heavy atom. The van der Waals surface area contributed by atoms with Gasteiger partial charge in [-0.3, -0.25) is 4.79 Å². The molecule has 0 bridgehead atoms. The Balaban J connectivity index is 1.37. The second kappa shape index (κ2) is 8.39. The molecule has 3 aromatic carbocycles. The molecule has 0 saturated heterocycles. The van der Waals surface area contributed by atoms with Crippen molar-refractivity contribution in [3.63, 3.8) is 0 Å². The van der Waals surface area contributed by atoms with Gasteiger partial charge in [0.05, 0.1) is 6.10 Å². The monoisotopic (exact) mass is 386 g/mol. The smallest absolute Gasteiger partial charge is 0.255 e. The first kappa shape index (κ1) is 19.1. The first-order valence-corrected chi connectivity index (χ1v) is 10.1. The van der Waals surface area contributed by atoms with E-state index in [9.17, 15) is 4.79 Å². The van der Waals surface area contributed by atoms with Gasteiger partial charge in [-0.05, 0) is 73.9 Å². The van der Waals surface area contributed by atoms with Crippen LogP contribution in [0.2, 0.25) is 0 Å². The normalized spacial score (nSPS) is 12.7. The summed E-state index contributed by atoms with van der Waals surface area (Å²) in [5.41, 5.74) is 5.34. The molecule has 3 aromatic rings. The Labute approximate surface area is 172 Å². The topological polar surface area (TPSA) is 41.6 Å². The zero-order valence-electron chi connectivity index (χ0n) is 16.9. The van der Waals surface area contributed by atoms with E-state index in [-0.39, 0.29) is 12.0 Å². The van der Waals surface area contributed by atoms with Crippen LogP contribution in [0.4, 0.5) is 11.4 Å². The molecule has 0 saturated carbocycles. The highest BCUT2D eigenvalue weighted by Gasteiger charge is 2.18. The lowest BCUT2D eigenvalue weighted by Gasteiger charge is -2.19. The predicted octanol–water partition coefficient (Wildman–Crippen LogP) is 5.29. The lowest BCUT2D eigenvalue weighted by Crippen LogP contribution is -2.19. The van der Waals surface area contributed by atoms with Crippen molar-refractivity contribution in [1.82, 2.24) is 0 Å². The lowest BCUT2D eigenvalue weighted by molar-refractivity contribution is 0.102. The van der Waals surface area contributed by atoms with Gasteiger partial charge in [0, 0.05) is 30.0 Å². The molecule has 148 valence electrons. The van der Waals surface area contributed by atoms with Gasteiger partial charge < -0.3 is 15.0 Å². The molecule has 0 fully saturated rings. The molecule has 1 N–H and O–H groups in total. The minimum absolute atomic E-state index is 0.111. The number of carbonyl (C=O) groups is 1. The maximum Gasteiger partial charge on any atom is 0.255 e. The molecule has 0 unspecified atom stereocenters. The predicted molar refractivity (Wildman–Crippen MR) is 118 cm³/mol. The van der Waals surface area contributed by atoms with Crippen LogP contribution in [0.15, 0.2) is 72.8 Å². The minimum atomic E-state index is -0.111. The molecule has 4 rings (SSSR count). The van der Waals surface area contributed by atoms with Crippen molar-refractivity contribution in [3.8, 4) is 5.75 Å². The van der Waals surface area contributed by atoms with Crippen molar-refractivity contribution in [2.75, 3.05) is 16.8 Å². The Kier molecular flexibility index (Phi) is 5.52. The number of fused-ring (bicyclic) bond motifs is 1. The summed E-state index contributed by atoms with van der Waals surface area (Å²) in [6.45, 7) is 5.87. The molecule has 1 heterocycles. The molecule has 29 heavy (non-hydrogen) atoms. The third-order valence-electron chi connectivity index (χ3n) is 5.06. The molecule has 0 aliphatic carbocycles. The summed E-state index contributed by atoms with van der Waals surface area (Å²) in [5.74, 6) is 0.687. The number of amides is 1. The number of para-hydroxylation sites is 1. The van der Waals surface area contributed by atoms with Gasteiger partial charge >= 0.3 is 0 Å². The summed E-state index contributed by atoms with van der Waals surface area (Å²) in [6.07, 6.45) is 1.22. The minimum Gasteiger partial charge on any atom is -0.491 e. The molecule has 1 aliphatic heterocycles.